The minimum absolute atomic E-state index is 0.156. The van der Waals surface area contributed by atoms with E-state index in [0.29, 0.717) is 27.3 Å². The number of rotatable bonds is 1. The molecule has 0 saturated heterocycles. The van der Waals surface area contributed by atoms with Crippen LogP contribution in [0.1, 0.15) is 31.8 Å². The van der Waals surface area contributed by atoms with Crippen LogP contribution < -0.4 is 0 Å². The lowest BCUT2D eigenvalue weighted by molar-refractivity contribution is 0.0979. The van der Waals surface area contributed by atoms with E-state index in [1.165, 1.54) is 0 Å². The number of ketones is 2. The van der Waals surface area contributed by atoms with Gasteiger partial charge < -0.3 is 0 Å². The maximum absolute atomic E-state index is 13.0. The molecular formula is C20H11ClO2. The molecule has 0 atom stereocenters. The molecule has 3 aromatic rings. The molecule has 0 fully saturated rings. The largest absolute Gasteiger partial charge is 0.289 e. The highest BCUT2D eigenvalue weighted by Crippen LogP contribution is 2.36. The van der Waals surface area contributed by atoms with Gasteiger partial charge in [0.2, 0.25) is 0 Å². The molecule has 3 aromatic carbocycles. The van der Waals surface area contributed by atoms with Gasteiger partial charge in [0.1, 0.15) is 0 Å². The van der Waals surface area contributed by atoms with Gasteiger partial charge in [0, 0.05) is 16.7 Å². The summed E-state index contributed by atoms with van der Waals surface area (Å²) in [6.07, 6.45) is 0. The van der Waals surface area contributed by atoms with Crippen molar-refractivity contribution in [2.24, 2.45) is 0 Å². The average molecular weight is 319 g/mol. The van der Waals surface area contributed by atoms with E-state index in [0.717, 1.165) is 11.1 Å². The van der Waals surface area contributed by atoms with Gasteiger partial charge >= 0.3 is 0 Å². The zero-order valence-corrected chi connectivity index (χ0v) is 12.8. The van der Waals surface area contributed by atoms with Crippen LogP contribution in [0, 0.1) is 0 Å². The van der Waals surface area contributed by atoms with Crippen molar-refractivity contribution in [3.63, 3.8) is 0 Å². The van der Waals surface area contributed by atoms with Crippen LogP contribution >= 0.6 is 11.6 Å². The van der Waals surface area contributed by atoms with Crippen molar-refractivity contribution >= 4 is 23.2 Å². The molecule has 3 heteroatoms. The quantitative estimate of drug-likeness (QED) is 0.506. The second-order valence-electron chi connectivity index (χ2n) is 5.41. The fourth-order valence-electron chi connectivity index (χ4n) is 3.06. The minimum Gasteiger partial charge on any atom is -0.289 e. The second-order valence-corrected chi connectivity index (χ2v) is 5.82. The zero-order chi connectivity index (χ0) is 16.0. The summed E-state index contributed by atoms with van der Waals surface area (Å²) >= 11 is 6.15. The van der Waals surface area contributed by atoms with Crippen molar-refractivity contribution in [1.29, 1.82) is 0 Å². The number of halogens is 1. The predicted molar refractivity (Wildman–Crippen MR) is 90.2 cm³/mol. The Morgan fingerprint density at radius 3 is 1.87 bits per heavy atom. The van der Waals surface area contributed by atoms with Gasteiger partial charge in [0.05, 0.1) is 10.6 Å². The van der Waals surface area contributed by atoms with Gasteiger partial charge in [0.25, 0.3) is 0 Å². The molecule has 0 N–H and O–H groups in total. The van der Waals surface area contributed by atoms with Crippen LogP contribution in [0.5, 0.6) is 0 Å². The van der Waals surface area contributed by atoms with Crippen LogP contribution in [0.25, 0.3) is 11.1 Å². The van der Waals surface area contributed by atoms with Gasteiger partial charge in [-0.05, 0) is 17.2 Å². The lowest BCUT2D eigenvalue weighted by Crippen LogP contribution is -2.22. The van der Waals surface area contributed by atoms with Crippen molar-refractivity contribution in [1.82, 2.24) is 0 Å². The third-order valence-corrected chi connectivity index (χ3v) is 4.42. The SMILES string of the molecule is O=C1c2cccc(-c3ccccc3)c2C(=O)c2cccc(Cl)c21. The van der Waals surface area contributed by atoms with Crippen LogP contribution in [0.4, 0.5) is 0 Å². The van der Waals surface area contributed by atoms with E-state index < -0.39 is 0 Å². The molecule has 0 amide bonds. The average Bonchev–Trinajstić information content (AvgIpc) is 2.59. The predicted octanol–water partition coefficient (Wildman–Crippen LogP) is 4.78. The summed E-state index contributed by atoms with van der Waals surface area (Å²) in [5, 5.41) is 0.316. The van der Waals surface area contributed by atoms with Gasteiger partial charge in [-0.2, -0.15) is 0 Å². The molecule has 0 bridgehead atoms. The monoisotopic (exact) mass is 318 g/mol. The summed E-state index contributed by atoms with van der Waals surface area (Å²) in [7, 11) is 0. The molecule has 0 aromatic heterocycles. The molecule has 23 heavy (non-hydrogen) atoms. The number of carbonyl (C=O) groups is 2. The number of hydrogen-bond donors (Lipinski definition) is 0. The number of fused-ring (bicyclic) bond motifs is 2. The number of benzene rings is 3. The summed E-state index contributed by atoms with van der Waals surface area (Å²) in [6.45, 7) is 0. The van der Waals surface area contributed by atoms with Crippen LogP contribution in [-0.4, -0.2) is 11.6 Å². The summed E-state index contributed by atoms with van der Waals surface area (Å²) < 4.78 is 0. The summed E-state index contributed by atoms with van der Waals surface area (Å²) in [5.74, 6) is -0.352. The van der Waals surface area contributed by atoms with E-state index in [2.05, 4.69) is 0 Å². The Morgan fingerprint density at radius 1 is 0.565 bits per heavy atom. The molecule has 110 valence electrons. The van der Waals surface area contributed by atoms with Crippen LogP contribution in [0.2, 0.25) is 5.02 Å². The topological polar surface area (TPSA) is 34.1 Å². The molecular weight excluding hydrogens is 308 g/mol. The van der Waals surface area contributed by atoms with Gasteiger partial charge in [-0.3, -0.25) is 9.59 Å². The number of carbonyl (C=O) groups excluding carboxylic acids is 2. The molecule has 0 saturated carbocycles. The Morgan fingerprint density at radius 2 is 1.13 bits per heavy atom. The zero-order valence-electron chi connectivity index (χ0n) is 12.0. The lowest BCUT2D eigenvalue weighted by Gasteiger charge is -2.21. The fourth-order valence-corrected chi connectivity index (χ4v) is 3.32. The standard InChI is InChI=1S/C20H11ClO2/c21-16-11-5-10-15-18(16)20(23)14-9-4-8-13(17(14)19(15)22)12-6-2-1-3-7-12/h1-11H. The van der Waals surface area contributed by atoms with Gasteiger partial charge in [-0.15, -0.1) is 0 Å². The summed E-state index contributed by atoms with van der Waals surface area (Å²) in [4.78, 5) is 25.8. The highest BCUT2D eigenvalue weighted by atomic mass is 35.5. The molecule has 2 nitrogen and oxygen atoms in total. The molecule has 0 radical (unpaired) electrons. The Balaban J connectivity index is 2.03. The minimum atomic E-state index is -0.196. The van der Waals surface area contributed by atoms with E-state index in [1.807, 2.05) is 36.4 Å². The van der Waals surface area contributed by atoms with Crippen molar-refractivity contribution in [2.75, 3.05) is 0 Å². The van der Waals surface area contributed by atoms with Crippen LogP contribution in [0.3, 0.4) is 0 Å². The highest BCUT2D eigenvalue weighted by molar-refractivity contribution is 6.39. The maximum Gasteiger partial charge on any atom is 0.196 e. The third-order valence-electron chi connectivity index (χ3n) is 4.11. The second kappa shape index (κ2) is 5.18. The van der Waals surface area contributed by atoms with Crippen molar-refractivity contribution in [3.8, 4) is 11.1 Å². The van der Waals surface area contributed by atoms with Gasteiger partial charge in [-0.25, -0.2) is 0 Å². The molecule has 0 heterocycles. The van der Waals surface area contributed by atoms with Crippen molar-refractivity contribution in [3.05, 3.63) is 94.0 Å². The summed E-state index contributed by atoms with van der Waals surface area (Å²) in [6, 6.07) is 20.0. The van der Waals surface area contributed by atoms with Gasteiger partial charge in [0.15, 0.2) is 11.6 Å². The smallest absolute Gasteiger partial charge is 0.196 e. The summed E-state index contributed by atoms with van der Waals surface area (Å²) in [5.41, 5.74) is 3.23. The van der Waals surface area contributed by atoms with Crippen molar-refractivity contribution in [2.45, 2.75) is 0 Å². The molecule has 0 unspecified atom stereocenters. The number of hydrogen-bond acceptors (Lipinski definition) is 2. The van der Waals surface area contributed by atoms with Crippen molar-refractivity contribution < 1.29 is 9.59 Å². The van der Waals surface area contributed by atoms with E-state index >= 15 is 0 Å². The first kappa shape index (κ1) is 13.9. The first-order valence-corrected chi connectivity index (χ1v) is 7.62. The fraction of sp³-hybridized carbons (Fsp3) is 0. The Bertz CT molecular complexity index is 959. The lowest BCUT2D eigenvalue weighted by atomic mass is 9.80. The van der Waals surface area contributed by atoms with E-state index in [1.54, 1.807) is 30.3 Å². The molecule has 0 spiro atoms. The van der Waals surface area contributed by atoms with E-state index in [9.17, 15) is 9.59 Å². The third kappa shape index (κ3) is 2.03. The molecule has 1 aliphatic carbocycles. The molecule has 1 aliphatic rings. The first-order valence-electron chi connectivity index (χ1n) is 7.25. The molecule has 4 rings (SSSR count). The van der Waals surface area contributed by atoms with Crippen LogP contribution in [0.15, 0.2) is 66.7 Å². The highest BCUT2D eigenvalue weighted by Gasteiger charge is 2.33. The molecule has 0 aliphatic heterocycles. The maximum atomic E-state index is 13.0. The normalized spacial score (nSPS) is 12.7. The first-order chi connectivity index (χ1) is 11.2. The van der Waals surface area contributed by atoms with Crippen LogP contribution in [-0.2, 0) is 0 Å². The Hall–Kier alpha value is -2.71. The van der Waals surface area contributed by atoms with E-state index in [-0.39, 0.29) is 11.6 Å². The van der Waals surface area contributed by atoms with Gasteiger partial charge in [-0.1, -0.05) is 72.3 Å². The Labute approximate surface area is 138 Å². The Kier molecular flexibility index (Phi) is 3.14. The van der Waals surface area contributed by atoms with E-state index in [4.69, 9.17) is 11.6 Å².